The van der Waals surface area contributed by atoms with Gasteiger partial charge in [0, 0.05) is 0 Å². The van der Waals surface area contributed by atoms with Crippen molar-refractivity contribution in [3.05, 3.63) is 36.5 Å². The fraction of sp³-hybridized carbons (Fsp3) is 0.333. The van der Waals surface area contributed by atoms with Crippen LogP contribution in [0, 0.1) is 0 Å². The van der Waals surface area contributed by atoms with Gasteiger partial charge < -0.3 is 10.6 Å². The molecule has 4 nitrogen and oxygen atoms in total. The molecule has 0 aromatic carbocycles. The molecule has 0 aromatic heterocycles. The van der Waals surface area contributed by atoms with Crippen LogP contribution in [0.3, 0.4) is 0 Å². The summed E-state index contributed by atoms with van der Waals surface area (Å²) in [6.45, 7) is 7.24. The highest BCUT2D eigenvalue weighted by atomic mass is 16.2. The highest BCUT2D eigenvalue weighted by Gasteiger charge is 2.43. The molecule has 4 heteroatoms. The maximum atomic E-state index is 11.7. The molecule has 2 amide bonds. The average molecular weight is 218 g/mol. The summed E-state index contributed by atoms with van der Waals surface area (Å²) in [5.41, 5.74) is 1.16. The summed E-state index contributed by atoms with van der Waals surface area (Å²) in [4.78, 5) is 23.5. The van der Waals surface area contributed by atoms with Crippen molar-refractivity contribution in [2.24, 2.45) is 0 Å². The zero-order chi connectivity index (χ0) is 11.7. The molecule has 0 aliphatic carbocycles. The lowest BCUT2D eigenvalue weighted by molar-refractivity contribution is -0.118. The third-order valence-corrected chi connectivity index (χ3v) is 2.89. The van der Waals surface area contributed by atoms with Crippen molar-refractivity contribution < 1.29 is 9.59 Å². The minimum atomic E-state index is -0.213. The molecule has 2 aliphatic rings. The van der Waals surface area contributed by atoms with Crippen LogP contribution in [0.5, 0.6) is 0 Å². The Morgan fingerprint density at radius 3 is 1.62 bits per heavy atom. The number of hydrogen-bond donors (Lipinski definition) is 2. The van der Waals surface area contributed by atoms with E-state index in [1.165, 1.54) is 0 Å². The van der Waals surface area contributed by atoms with E-state index in [2.05, 4.69) is 23.8 Å². The molecule has 2 atom stereocenters. The average Bonchev–Trinajstić information content (AvgIpc) is 2.71. The summed E-state index contributed by atoms with van der Waals surface area (Å²) in [5.74, 6) is -0.292. The SMILES string of the molecule is C=CCC1NC(=O)C2=C1C(=O)NC2CC=C. The summed E-state index contributed by atoms with van der Waals surface area (Å²) in [6.07, 6.45) is 4.57. The molecule has 0 saturated carbocycles. The second kappa shape index (κ2) is 3.96. The molecule has 2 unspecified atom stereocenters. The van der Waals surface area contributed by atoms with Crippen LogP contribution in [-0.4, -0.2) is 23.9 Å². The Morgan fingerprint density at radius 1 is 0.938 bits per heavy atom. The van der Waals surface area contributed by atoms with E-state index in [1.54, 1.807) is 12.2 Å². The van der Waals surface area contributed by atoms with Crippen molar-refractivity contribution in [1.29, 1.82) is 0 Å². The van der Waals surface area contributed by atoms with Crippen molar-refractivity contribution in [3.63, 3.8) is 0 Å². The fourth-order valence-electron chi connectivity index (χ4n) is 2.24. The van der Waals surface area contributed by atoms with E-state index in [4.69, 9.17) is 0 Å². The van der Waals surface area contributed by atoms with E-state index in [9.17, 15) is 9.59 Å². The Morgan fingerprint density at radius 2 is 1.31 bits per heavy atom. The van der Waals surface area contributed by atoms with Gasteiger partial charge in [-0.25, -0.2) is 0 Å². The molecule has 2 heterocycles. The maximum absolute atomic E-state index is 11.7. The first-order valence-corrected chi connectivity index (χ1v) is 5.26. The van der Waals surface area contributed by atoms with E-state index < -0.39 is 0 Å². The van der Waals surface area contributed by atoms with Gasteiger partial charge in [-0.1, -0.05) is 12.2 Å². The number of hydrogen-bond acceptors (Lipinski definition) is 2. The standard InChI is InChI=1S/C12H14N2O2/c1-3-5-7-9-10(12(16)13-7)8(6-4-2)14-11(9)15/h3-4,7-8H,1-2,5-6H2,(H,13,16)(H,14,15). The van der Waals surface area contributed by atoms with Crippen LogP contribution in [0.15, 0.2) is 36.5 Å². The third-order valence-electron chi connectivity index (χ3n) is 2.89. The maximum Gasteiger partial charge on any atom is 0.250 e. The van der Waals surface area contributed by atoms with Crippen molar-refractivity contribution in [2.45, 2.75) is 24.9 Å². The van der Waals surface area contributed by atoms with E-state index in [1.807, 2.05) is 0 Å². The molecule has 2 rings (SSSR count). The molecule has 0 bridgehead atoms. The number of amides is 2. The quantitative estimate of drug-likeness (QED) is 0.672. The van der Waals surface area contributed by atoms with Gasteiger partial charge >= 0.3 is 0 Å². The predicted molar refractivity (Wildman–Crippen MR) is 60.5 cm³/mol. The van der Waals surface area contributed by atoms with Crippen LogP contribution in [0.25, 0.3) is 0 Å². The lowest BCUT2D eigenvalue weighted by atomic mass is 10.0. The number of carbonyl (C=O) groups excluding carboxylic acids is 2. The van der Waals surface area contributed by atoms with Gasteiger partial charge in [0.05, 0.1) is 23.2 Å². The van der Waals surface area contributed by atoms with Crippen LogP contribution in [0.1, 0.15) is 12.8 Å². The highest BCUT2D eigenvalue weighted by Crippen LogP contribution is 2.29. The largest absolute Gasteiger partial charge is 0.345 e. The molecule has 84 valence electrons. The van der Waals surface area contributed by atoms with Gasteiger partial charge in [-0.15, -0.1) is 13.2 Å². The smallest absolute Gasteiger partial charge is 0.250 e. The second-order valence-electron chi connectivity index (χ2n) is 3.93. The van der Waals surface area contributed by atoms with Gasteiger partial charge in [-0.05, 0) is 12.8 Å². The molecule has 16 heavy (non-hydrogen) atoms. The van der Waals surface area contributed by atoms with Gasteiger partial charge in [0.2, 0.25) is 11.8 Å². The van der Waals surface area contributed by atoms with Gasteiger partial charge in [0.1, 0.15) is 0 Å². The van der Waals surface area contributed by atoms with E-state index in [0.29, 0.717) is 24.0 Å². The minimum Gasteiger partial charge on any atom is -0.345 e. The molecule has 0 aromatic rings. The monoisotopic (exact) mass is 218 g/mol. The van der Waals surface area contributed by atoms with Crippen molar-refractivity contribution in [3.8, 4) is 0 Å². The van der Waals surface area contributed by atoms with Crippen LogP contribution in [0.4, 0.5) is 0 Å². The summed E-state index contributed by atoms with van der Waals surface area (Å²) >= 11 is 0. The van der Waals surface area contributed by atoms with E-state index in [-0.39, 0.29) is 23.9 Å². The zero-order valence-corrected chi connectivity index (χ0v) is 8.95. The Kier molecular flexibility index (Phi) is 2.64. The van der Waals surface area contributed by atoms with Gasteiger partial charge in [0.25, 0.3) is 0 Å². The fourth-order valence-corrected chi connectivity index (χ4v) is 2.24. The van der Waals surface area contributed by atoms with Crippen molar-refractivity contribution >= 4 is 11.8 Å². The topological polar surface area (TPSA) is 58.2 Å². The van der Waals surface area contributed by atoms with Crippen LogP contribution >= 0.6 is 0 Å². The predicted octanol–water partition coefficient (Wildman–Crippen LogP) is 0.432. The van der Waals surface area contributed by atoms with Crippen molar-refractivity contribution in [1.82, 2.24) is 10.6 Å². The minimum absolute atomic E-state index is 0.146. The molecule has 0 radical (unpaired) electrons. The zero-order valence-electron chi connectivity index (χ0n) is 8.95. The van der Waals surface area contributed by atoms with Gasteiger partial charge in [-0.3, -0.25) is 9.59 Å². The Labute approximate surface area is 94.1 Å². The van der Waals surface area contributed by atoms with Gasteiger partial charge in [0.15, 0.2) is 0 Å². The molecule has 0 fully saturated rings. The Balaban J connectivity index is 2.33. The molecule has 2 N–H and O–H groups in total. The Hall–Kier alpha value is -1.84. The second-order valence-corrected chi connectivity index (χ2v) is 3.93. The molecule has 0 spiro atoms. The number of carbonyl (C=O) groups is 2. The van der Waals surface area contributed by atoms with E-state index >= 15 is 0 Å². The molecular weight excluding hydrogens is 204 g/mol. The van der Waals surface area contributed by atoms with Crippen molar-refractivity contribution in [2.75, 3.05) is 0 Å². The number of rotatable bonds is 4. The first-order valence-electron chi connectivity index (χ1n) is 5.26. The third kappa shape index (κ3) is 1.46. The van der Waals surface area contributed by atoms with Crippen LogP contribution < -0.4 is 10.6 Å². The molecule has 0 saturated heterocycles. The molecular formula is C12H14N2O2. The normalized spacial score (nSPS) is 27.5. The number of nitrogens with one attached hydrogen (secondary N) is 2. The van der Waals surface area contributed by atoms with Crippen LogP contribution in [-0.2, 0) is 9.59 Å². The summed E-state index contributed by atoms with van der Waals surface area (Å²) < 4.78 is 0. The Bertz CT molecular complexity index is 371. The highest BCUT2D eigenvalue weighted by molar-refractivity contribution is 6.13. The lowest BCUT2D eigenvalue weighted by Gasteiger charge is -2.14. The first kappa shape index (κ1) is 10.7. The lowest BCUT2D eigenvalue weighted by Crippen LogP contribution is -2.39. The molecule has 2 aliphatic heterocycles. The van der Waals surface area contributed by atoms with E-state index in [0.717, 1.165) is 0 Å². The summed E-state index contributed by atoms with van der Waals surface area (Å²) in [6, 6.07) is -0.426. The van der Waals surface area contributed by atoms with Crippen LogP contribution in [0.2, 0.25) is 0 Å². The summed E-state index contributed by atoms with van der Waals surface area (Å²) in [7, 11) is 0. The van der Waals surface area contributed by atoms with Gasteiger partial charge in [-0.2, -0.15) is 0 Å². The summed E-state index contributed by atoms with van der Waals surface area (Å²) in [5, 5.41) is 5.59. The first-order chi connectivity index (χ1) is 7.69.